The molecule has 0 saturated carbocycles. The minimum absolute atomic E-state index is 0.0223. The Morgan fingerprint density at radius 2 is 2.19 bits per heavy atom. The lowest BCUT2D eigenvalue weighted by Gasteiger charge is -2.06. The van der Waals surface area contributed by atoms with Crippen molar-refractivity contribution in [1.29, 1.82) is 0 Å². The van der Waals surface area contributed by atoms with Crippen molar-refractivity contribution in [3.05, 3.63) is 49.6 Å². The molecule has 21 heavy (non-hydrogen) atoms. The van der Waals surface area contributed by atoms with Crippen LogP contribution in [0.1, 0.15) is 15.2 Å². The third-order valence-corrected chi connectivity index (χ3v) is 5.73. The van der Waals surface area contributed by atoms with Gasteiger partial charge in [0.05, 0.1) is 8.81 Å². The number of thiophene rings is 1. The molecule has 0 unspecified atom stereocenters. The molecule has 0 bridgehead atoms. The van der Waals surface area contributed by atoms with E-state index in [4.69, 9.17) is 11.6 Å². The van der Waals surface area contributed by atoms with Crippen LogP contribution in [-0.2, 0) is 5.75 Å². The van der Waals surface area contributed by atoms with Gasteiger partial charge in [-0.15, -0.1) is 11.3 Å². The normalized spacial score (nSPS) is 10.6. The Labute approximate surface area is 144 Å². The van der Waals surface area contributed by atoms with Gasteiger partial charge in [-0.1, -0.05) is 11.6 Å². The van der Waals surface area contributed by atoms with Gasteiger partial charge >= 0.3 is 0 Å². The van der Waals surface area contributed by atoms with Gasteiger partial charge in [-0.05, 0) is 46.3 Å². The summed E-state index contributed by atoms with van der Waals surface area (Å²) in [6.45, 7) is 0.592. The van der Waals surface area contributed by atoms with Crippen molar-refractivity contribution >= 4 is 56.5 Å². The fraction of sp³-hybridized carbons (Fsp3) is 0.214. The van der Waals surface area contributed by atoms with Crippen LogP contribution in [0, 0.1) is 0 Å². The molecule has 2 N–H and O–H groups in total. The maximum absolute atomic E-state index is 11.9. The molecule has 2 aromatic rings. The lowest BCUT2D eigenvalue weighted by Crippen LogP contribution is -2.25. The minimum Gasteiger partial charge on any atom is -0.506 e. The number of thioether (sulfide) groups is 1. The highest BCUT2D eigenvalue weighted by atomic mass is 79.9. The molecular weight excluding hydrogens is 394 g/mol. The van der Waals surface area contributed by atoms with Gasteiger partial charge in [0.25, 0.3) is 5.91 Å². The number of amides is 1. The first-order valence-corrected chi connectivity index (χ1v) is 9.29. The second kappa shape index (κ2) is 8.08. The van der Waals surface area contributed by atoms with Gasteiger partial charge in [-0.3, -0.25) is 4.79 Å². The lowest BCUT2D eigenvalue weighted by molar-refractivity contribution is 0.0956. The Morgan fingerprint density at radius 1 is 1.38 bits per heavy atom. The number of phenols is 1. The van der Waals surface area contributed by atoms with Crippen molar-refractivity contribution in [2.75, 3.05) is 12.3 Å². The van der Waals surface area contributed by atoms with E-state index in [1.165, 1.54) is 17.0 Å². The summed E-state index contributed by atoms with van der Waals surface area (Å²) >= 11 is 12.7. The highest BCUT2D eigenvalue weighted by molar-refractivity contribution is 9.11. The number of halogens is 2. The summed E-state index contributed by atoms with van der Waals surface area (Å²) in [6.07, 6.45) is 0. The topological polar surface area (TPSA) is 49.3 Å². The molecule has 7 heteroatoms. The van der Waals surface area contributed by atoms with Crippen LogP contribution in [0.4, 0.5) is 0 Å². The first-order valence-electron chi connectivity index (χ1n) is 6.15. The zero-order chi connectivity index (χ0) is 15.2. The van der Waals surface area contributed by atoms with Crippen LogP contribution in [0.3, 0.4) is 0 Å². The Kier molecular flexibility index (Phi) is 6.41. The van der Waals surface area contributed by atoms with Gasteiger partial charge in [-0.25, -0.2) is 0 Å². The number of benzene rings is 1. The molecular formula is C14H13BrClNO2S2. The summed E-state index contributed by atoms with van der Waals surface area (Å²) in [7, 11) is 0. The van der Waals surface area contributed by atoms with Crippen LogP contribution in [0.5, 0.6) is 5.75 Å². The largest absolute Gasteiger partial charge is 0.506 e. The van der Waals surface area contributed by atoms with Gasteiger partial charge < -0.3 is 10.4 Å². The van der Waals surface area contributed by atoms with Crippen LogP contribution in [0.25, 0.3) is 0 Å². The summed E-state index contributed by atoms with van der Waals surface area (Å²) in [5, 5.41) is 12.3. The van der Waals surface area contributed by atoms with Crippen molar-refractivity contribution in [1.82, 2.24) is 5.32 Å². The van der Waals surface area contributed by atoms with E-state index in [0.29, 0.717) is 12.1 Å². The molecule has 1 heterocycles. The Balaban J connectivity index is 1.70. The first kappa shape index (κ1) is 16.7. The monoisotopic (exact) mass is 405 g/mol. The zero-order valence-corrected chi connectivity index (χ0v) is 14.9. The molecule has 2 rings (SSSR count). The highest BCUT2D eigenvalue weighted by Crippen LogP contribution is 2.25. The Bertz CT molecular complexity index is 633. The number of rotatable bonds is 6. The van der Waals surface area contributed by atoms with Crippen LogP contribution in [-0.4, -0.2) is 23.3 Å². The molecule has 1 amide bonds. The van der Waals surface area contributed by atoms with Crippen molar-refractivity contribution < 1.29 is 9.90 Å². The second-order valence-corrected chi connectivity index (χ2v) is 8.24. The minimum atomic E-state index is -0.184. The molecule has 3 nitrogen and oxygen atoms in total. The number of carbonyl (C=O) groups excluding carboxylic acids is 1. The Morgan fingerprint density at radius 3 is 2.86 bits per heavy atom. The summed E-state index contributed by atoms with van der Waals surface area (Å²) in [6, 6.07) is 8.56. The van der Waals surface area contributed by atoms with Crippen molar-refractivity contribution in [2.24, 2.45) is 0 Å². The van der Waals surface area contributed by atoms with Crippen LogP contribution in [0.2, 0.25) is 5.02 Å². The lowest BCUT2D eigenvalue weighted by atomic mass is 10.2. The SMILES string of the molecule is O=C(NCCSCc1ccc(Br)s1)c1ccc(O)c(Cl)c1. The quantitative estimate of drug-likeness (QED) is 0.693. The van der Waals surface area contributed by atoms with Crippen LogP contribution >= 0.6 is 50.6 Å². The molecule has 0 saturated heterocycles. The maximum Gasteiger partial charge on any atom is 0.251 e. The highest BCUT2D eigenvalue weighted by Gasteiger charge is 2.07. The predicted octanol–water partition coefficient (Wildman–Crippen LogP) is 4.53. The first-order chi connectivity index (χ1) is 10.1. The van der Waals surface area contributed by atoms with E-state index in [1.807, 2.05) is 6.07 Å². The van der Waals surface area contributed by atoms with E-state index in [0.717, 1.165) is 15.3 Å². The molecule has 0 spiro atoms. The second-order valence-electron chi connectivity index (χ2n) is 4.18. The smallest absolute Gasteiger partial charge is 0.251 e. The van der Waals surface area contributed by atoms with Crippen molar-refractivity contribution in [3.63, 3.8) is 0 Å². The number of aromatic hydroxyl groups is 1. The molecule has 1 aromatic carbocycles. The average Bonchev–Trinajstić information content (AvgIpc) is 2.87. The Hall–Kier alpha value is -0.690. The van der Waals surface area contributed by atoms with Crippen LogP contribution in [0.15, 0.2) is 34.1 Å². The third-order valence-electron chi connectivity index (χ3n) is 2.62. The van der Waals surface area contributed by atoms with Gasteiger partial charge in [0.1, 0.15) is 5.75 Å². The van der Waals surface area contributed by atoms with Gasteiger partial charge in [0.15, 0.2) is 0 Å². The fourth-order valence-corrected chi connectivity index (χ4v) is 4.22. The third kappa shape index (κ3) is 5.21. The molecule has 0 aliphatic rings. The van der Waals surface area contributed by atoms with E-state index >= 15 is 0 Å². The van der Waals surface area contributed by atoms with Crippen molar-refractivity contribution in [2.45, 2.75) is 5.75 Å². The van der Waals surface area contributed by atoms with E-state index in [-0.39, 0.29) is 16.7 Å². The zero-order valence-electron chi connectivity index (χ0n) is 10.9. The van der Waals surface area contributed by atoms with E-state index in [1.54, 1.807) is 29.2 Å². The van der Waals surface area contributed by atoms with Crippen molar-refractivity contribution in [3.8, 4) is 5.75 Å². The molecule has 0 atom stereocenters. The maximum atomic E-state index is 11.9. The summed E-state index contributed by atoms with van der Waals surface area (Å²) < 4.78 is 1.13. The summed E-state index contributed by atoms with van der Waals surface area (Å²) in [5.74, 6) is 1.58. The number of nitrogens with one attached hydrogen (secondary N) is 1. The number of hydrogen-bond acceptors (Lipinski definition) is 4. The molecule has 1 aromatic heterocycles. The average molecular weight is 407 g/mol. The van der Waals surface area contributed by atoms with Gasteiger partial charge in [-0.2, -0.15) is 11.8 Å². The summed E-state index contributed by atoms with van der Waals surface area (Å²) in [4.78, 5) is 13.2. The standard InChI is InChI=1S/C14H13BrClNO2S2/c15-13-4-2-10(21-13)8-20-6-5-17-14(19)9-1-3-12(18)11(16)7-9/h1-4,7,18H,5-6,8H2,(H,17,19). The van der Waals surface area contributed by atoms with Crippen LogP contribution < -0.4 is 5.32 Å². The molecule has 0 aliphatic carbocycles. The molecule has 0 aliphatic heterocycles. The molecule has 112 valence electrons. The predicted molar refractivity (Wildman–Crippen MR) is 93.6 cm³/mol. The fourth-order valence-electron chi connectivity index (χ4n) is 1.59. The van der Waals surface area contributed by atoms with E-state index < -0.39 is 0 Å². The molecule has 0 radical (unpaired) electrons. The number of hydrogen-bond donors (Lipinski definition) is 2. The van der Waals surface area contributed by atoms with Gasteiger partial charge in [0.2, 0.25) is 0 Å². The molecule has 0 fully saturated rings. The van der Waals surface area contributed by atoms with E-state index in [2.05, 4.69) is 27.3 Å². The number of phenolic OH excluding ortho intramolecular Hbond substituents is 1. The number of carbonyl (C=O) groups is 1. The van der Waals surface area contributed by atoms with E-state index in [9.17, 15) is 9.90 Å². The van der Waals surface area contributed by atoms with Gasteiger partial charge in [0, 0.05) is 28.5 Å². The summed E-state index contributed by atoms with van der Waals surface area (Å²) in [5.41, 5.74) is 0.449.